The minimum Gasteiger partial charge on any atom is -0.480 e. The molecular weight excluding hydrogens is 410 g/mol. The van der Waals surface area contributed by atoms with Crippen molar-refractivity contribution in [2.24, 2.45) is 5.92 Å². The van der Waals surface area contributed by atoms with Gasteiger partial charge in [0.25, 0.3) is 5.56 Å². The van der Waals surface area contributed by atoms with Crippen molar-refractivity contribution in [3.63, 3.8) is 0 Å². The molecule has 2 unspecified atom stereocenters. The summed E-state index contributed by atoms with van der Waals surface area (Å²) in [6.45, 7) is 3.53. The topological polar surface area (TPSA) is 130 Å². The molecule has 4 aromatic rings. The summed E-state index contributed by atoms with van der Waals surface area (Å²) in [5.74, 6) is -2.09. The normalized spacial score (nSPS) is 13.3. The average Bonchev–Trinajstić information content (AvgIpc) is 3.18. The van der Waals surface area contributed by atoms with E-state index in [4.69, 9.17) is 0 Å². The van der Waals surface area contributed by atoms with Crippen LogP contribution in [0.4, 0.5) is 0 Å². The lowest BCUT2D eigenvalue weighted by atomic mass is 10.0. The summed E-state index contributed by atoms with van der Waals surface area (Å²) in [5, 5.41) is 21.6. The van der Waals surface area contributed by atoms with Crippen molar-refractivity contribution in [2.75, 3.05) is 0 Å². The molecule has 2 heterocycles. The van der Waals surface area contributed by atoms with Gasteiger partial charge in [-0.1, -0.05) is 49.4 Å². The van der Waals surface area contributed by atoms with Gasteiger partial charge < -0.3 is 15.4 Å². The third kappa shape index (κ3) is 3.96. The predicted molar refractivity (Wildman–Crippen MR) is 119 cm³/mol. The van der Waals surface area contributed by atoms with E-state index in [1.54, 1.807) is 44.3 Å². The molecule has 2 aromatic carbocycles. The van der Waals surface area contributed by atoms with Crippen LogP contribution in [0.15, 0.2) is 59.5 Å². The fourth-order valence-electron chi connectivity index (χ4n) is 3.86. The van der Waals surface area contributed by atoms with Crippen molar-refractivity contribution in [3.05, 3.63) is 70.6 Å². The number of carbonyl (C=O) groups excluding carboxylic acids is 1. The molecule has 0 fully saturated rings. The molecule has 0 radical (unpaired) electrons. The Morgan fingerprint density at radius 3 is 2.50 bits per heavy atom. The largest absolute Gasteiger partial charge is 0.480 e. The lowest BCUT2D eigenvalue weighted by Crippen LogP contribution is -2.48. The molecule has 9 heteroatoms. The number of hydrogen-bond donors (Lipinski definition) is 3. The minimum absolute atomic E-state index is 0.0915. The first-order valence-corrected chi connectivity index (χ1v) is 10.3. The van der Waals surface area contributed by atoms with Gasteiger partial charge in [0.2, 0.25) is 5.91 Å². The molecule has 164 valence electrons. The van der Waals surface area contributed by atoms with Crippen molar-refractivity contribution in [1.82, 2.24) is 25.3 Å². The number of para-hydroxylation sites is 1. The van der Waals surface area contributed by atoms with Crippen LogP contribution in [0.1, 0.15) is 25.5 Å². The number of carboxylic acids is 1. The van der Waals surface area contributed by atoms with Crippen molar-refractivity contribution in [1.29, 1.82) is 0 Å². The molecule has 0 aliphatic heterocycles. The fraction of sp³-hybridized carbons (Fsp3) is 0.261. The number of aliphatic carboxylic acids is 1. The molecule has 3 N–H and O–H groups in total. The van der Waals surface area contributed by atoms with E-state index in [9.17, 15) is 19.5 Å². The predicted octanol–water partition coefficient (Wildman–Crippen LogP) is 2.28. The quantitative estimate of drug-likeness (QED) is 0.410. The SMILES string of the molecule is CC(C)C(C(=O)NC(Cc1c[nH]c2ccccc12)C(=O)O)n1nnc2ccccc2c1=O. The van der Waals surface area contributed by atoms with Gasteiger partial charge in [-0.3, -0.25) is 9.59 Å². The second kappa shape index (κ2) is 8.62. The molecule has 0 bridgehead atoms. The van der Waals surface area contributed by atoms with Crippen LogP contribution in [0.2, 0.25) is 0 Å². The number of aromatic amines is 1. The second-order valence-corrected chi connectivity index (χ2v) is 8.01. The molecule has 0 aliphatic carbocycles. The lowest BCUT2D eigenvalue weighted by Gasteiger charge is -2.23. The Morgan fingerprint density at radius 2 is 1.78 bits per heavy atom. The molecule has 9 nitrogen and oxygen atoms in total. The Balaban J connectivity index is 1.63. The molecule has 0 saturated heterocycles. The van der Waals surface area contributed by atoms with Crippen LogP contribution in [-0.4, -0.2) is 43.0 Å². The van der Waals surface area contributed by atoms with Crippen molar-refractivity contribution < 1.29 is 14.7 Å². The van der Waals surface area contributed by atoms with Crippen molar-refractivity contribution in [3.8, 4) is 0 Å². The second-order valence-electron chi connectivity index (χ2n) is 8.01. The highest BCUT2D eigenvalue weighted by atomic mass is 16.4. The number of benzene rings is 2. The Labute approximate surface area is 183 Å². The third-order valence-electron chi connectivity index (χ3n) is 5.47. The summed E-state index contributed by atoms with van der Waals surface area (Å²) < 4.78 is 1.03. The van der Waals surface area contributed by atoms with Gasteiger partial charge in [-0.25, -0.2) is 4.79 Å². The minimum atomic E-state index is -1.17. The first kappa shape index (κ1) is 21.2. The van der Waals surface area contributed by atoms with Gasteiger partial charge in [0, 0.05) is 23.5 Å². The van der Waals surface area contributed by atoms with E-state index in [2.05, 4.69) is 20.6 Å². The summed E-state index contributed by atoms with van der Waals surface area (Å²) in [6, 6.07) is 12.1. The van der Waals surface area contributed by atoms with E-state index in [1.807, 2.05) is 24.3 Å². The molecule has 2 atom stereocenters. The summed E-state index contributed by atoms with van der Waals surface area (Å²) in [6.07, 6.45) is 1.83. The molecule has 1 amide bonds. The van der Waals surface area contributed by atoms with Gasteiger partial charge in [0.15, 0.2) is 0 Å². The van der Waals surface area contributed by atoms with E-state index < -0.39 is 29.5 Å². The van der Waals surface area contributed by atoms with Gasteiger partial charge in [-0.2, -0.15) is 4.68 Å². The van der Waals surface area contributed by atoms with Crippen molar-refractivity contribution >= 4 is 33.7 Å². The number of aromatic nitrogens is 4. The van der Waals surface area contributed by atoms with Crippen LogP contribution >= 0.6 is 0 Å². The Kier molecular flexibility index (Phi) is 5.72. The Morgan fingerprint density at radius 1 is 1.09 bits per heavy atom. The molecule has 0 spiro atoms. The van der Waals surface area contributed by atoms with Crippen molar-refractivity contribution in [2.45, 2.75) is 32.4 Å². The number of carbonyl (C=O) groups is 2. The van der Waals surface area contributed by atoms with Gasteiger partial charge >= 0.3 is 5.97 Å². The molecule has 0 aliphatic rings. The molecule has 4 rings (SSSR count). The highest BCUT2D eigenvalue weighted by molar-refractivity contribution is 5.88. The molecule has 32 heavy (non-hydrogen) atoms. The van der Waals surface area contributed by atoms with Gasteiger partial charge in [-0.05, 0) is 29.7 Å². The summed E-state index contributed by atoms with van der Waals surface area (Å²) in [4.78, 5) is 41.2. The maximum atomic E-state index is 13.2. The number of fused-ring (bicyclic) bond motifs is 2. The Hall–Kier alpha value is -4.01. The molecular formula is C23H23N5O4. The zero-order valence-corrected chi connectivity index (χ0v) is 17.6. The molecule has 2 aromatic heterocycles. The number of hydrogen-bond acceptors (Lipinski definition) is 5. The summed E-state index contributed by atoms with van der Waals surface area (Å²) >= 11 is 0. The zero-order valence-electron chi connectivity index (χ0n) is 17.6. The van der Waals surface area contributed by atoms with Crippen LogP contribution in [0, 0.1) is 5.92 Å². The smallest absolute Gasteiger partial charge is 0.326 e. The van der Waals surface area contributed by atoms with Gasteiger partial charge in [0.05, 0.1) is 5.39 Å². The van der Waals surface area contributed by atoms with Gasteiger partial charge in [-0.15, -0.1) is 5.10 Å². The maximum absolute atomic E-state index is 13.2. The van der Waals surface area contributed by atoms with Crippen LogP contribution in [-0.2, 0) is 16.0 Å². The van der Waals surface area contributed by atoms with Crippen LogP contribution in [0.25, 0.3) is 21.8 Å². The number of nitrogens with one attached hydrogen (secondary N) is 2. The highest BCUT2D eigenvalue weighted by Gasteiger charge is 2.31. The maximum Gasteiger partial charge on any atom is 0.326 e. The summed E-state index contributed by atoms with van der Waals surface area (Å²) in [7, 11) is 0. The number of H-pyrrole nitrogens is 1. The zero-order chi connectivity index (χ0) is 22.8. The number of nitrogens with zero attached hydrogens (tertiary/aromatic N) is 3. The van der Waals surface area contributed by atoms with Crippen LogP contribution < -0.4 is 10.9 Å². The number of rotatable bonds is 7. The number of amides is 1. The van der Waals surface area contributed by atoms with E-state index in [1.165, 1.54) is 0 Å². The molecule has 0 saturated carbocycles. The summed E-state index contributed by atoms with van der Waals surface area (Å²) in [5.41, 5.74) is 1.64. The van der Waals surface area contributed by atoms with E-state index >= 15 is 0 Å². The first-order chi connectivity index (χ1) is 15.4. The monoisotopic (exact) mass is 433 g/mol. The Bertz CT molecular complexity index is 1360. The standard InChI is InChI=1S/C23H23N5O4/c1-13(2)20(28-22(30)16-8-4-6-10-18(16)26-27-28)21(29)25-19(23(31)32)11-14-12-24-17-9-5-3-7-15(14)17/h3-10,12-13,19-20,24H,11H2,1-2H3,(H,25,29)(H,31,32). The van der Waals surface area contributed by atoms with Gasteiger partial charge in [0.1, 0.15) is 17.6 Å². The third-order valence-corrected chi connectivity index (χ3v) is 5.47. The van der Waals surface area contributed by atoms with Crippen LogP contribution in [0.5, 0.6) is 0 Å². The van der Waals surface area contributed by atoms with E-state index in [-0.39, 0.29) is 12.3 Å². The fourth-order valence-corrected chi connectivity index (χ4v) is 3.86. The van der Waals surface area contributed by atoms with E-state index in [0.717, 1.165) is 21.1 Å². The first-order valence-electron chi connectivity index (χ1n) is 10.3. The number of carboxylic acid groups (broad SMARTS) is 1. The lowest BCUT2D eigenvalue weighted by molar-refractivity contribution is -0.142. The average molecular weight is 433 g/mol. The van der Waals surface area contributed by atoms with Crippen LogP contribution in [0.3, 0.4) is 0 Å². The van der Waals surface area contributed by atoms with E-state index in [0.29, 0.717) is 10.9 Å². The highest BCUT2D eigenvalue weighted by Crippen LogP contribution is 2.20.